The van der Waals surface area contributed by atoms with Crippen LogP contribution < -0.4 is 5.32 Å². The fraction of sp³-hybridized carbons (Fsp3) is 0.176. The zero-order valence-electron chi connectivity index (χ0n) is 11.8. The molecule has 2 aromatic carbocycles. The molecule has 0 fully saturated rings. The number of halogens is 2. The van der Waals surface area contributed by atoms with Gasteiger partial charge >= 0.3 is 0 Å². The highest BCUT2D eigenvalue weighted by molar-refractivity contribution is 6.32. The summed E-state index contributed by atoms with van der Waals surface area (Å²) in [6.45, 7) is 2.00. The van der Waals surface area contributed by atoms with Gasteiger partial charge in [0.15, 0.2) is 0 Å². The third-order valence-corrected chi connectivity index (χ3v) is 4.35. The normalized spacial score (nSPS) is 12.8. The van der Waals surface area contributed by atoms with Gasteiger partial charge in [0.05, 0.1) is 6.04 Å². The summed E-state index contributed by atoms with van der Waals surface area (Å²) in [5.41, 5.74) is 2.87. The van der Waals surface area contributed by atoms with Gasteiger partial charge in [-0.05, 0) is 49.4 Å². The highest BCUT2D eigenvalue weighted by Gasteiger charge is 2.20. The van der Waals surface area contributed by atoms with Gasteiger partial charge in [-0.1, -0.05) is 41.4 Å². The van der Waals surface area contributed by atoms with Crippen molar-refractivity contribution in [1.82, 2.24) is 5.32 Å². The number of aryl methyl sites for hydroxylation is 1. The summed E-state index contributed by atoms with van der Waals surface area (Å²) < 4.78 is 5.95. The van der Waals surface area contributed by atoms with Crippen LogP contribution in [0, 0.1) is 6.92 Å². The molecule has 0 aliphatic carbocycles. The van der Waals surface area contributed by atoms with Crippen LogP contribution in [0.5, 0.6) is 0 Å². The minimum Gasteiger partial charge on any atom is -0.459 e. The van der Waals surface area contributed by atoms with Crippen LogP contribution in [0.1, 0.15) is 22.9 Å². The lowest BCUT2D eigenvalue weighted by molar-refractivity contribution is 0.491. The molecule has 0 aliphatic rings. The van der Waals surface area contributed by atoms with E-state index >= 15 is 0 Å². The lowest BCUT2D eigenvalue weighted by Crippen LogP contribution is -2.17. The number of benzene rings is 2. The van der Waals surface area contributed by atoms with Crippen LogP contribution in [0.2, 0.25) is 10.0 Å². The van der Waals surface area contributed by atoms with Crippen molar-refractivity contribution in [3.8, 4) is 0 Å². The van der Waals surface area contributed by atoms with Crippen molar-refractivity contribution in [2.45, 2.75) is 13.0 Å². The van der Waals surface area contributed by atoms with Crippen molar-refractivity contribution in [2.24, 2.45) is 0 Å². The quantitative estimate of drug-likeness (QED) is 0.703. The van der Waals surface area contributed by atoms with Crippen molar-refractivity contribution in [3.63, 3.8) is 0 Å². The molecule has 1 N–H and O–H groups in total. The lowest BCUT2D eigenvalue weighted by atomic mass is 10.0. The van der Waals surface area contributed by atoms with E-state index in [2.05, 4.69) is 5.32 Å². The molecule has 0 saturated heterocycles. The Morgan fingerprint density at radius 2 is 1.90 bits per heavy atom. The summed E-state index contributed by atoms with van der Waals surface area (Å²) in [5.74, 6) is 0.822. The molecule has 0 aliphatic heterocycles. The Balaban J connectivity index is 2.11. The minimum atomic E-state index is -0.0939. The van der Waals surface area contributed by atoms with Crippen molar-refractivity contribution in [2.75, 3.05) is 7.05 Å². The van der Waals surface area contributed by atoms with E-state index in [0.717, 1.165) is 32.9 Å². The fourth-order valence-corrected chi connectivity index (χ4v) is 2.94. The van der Waals surface area contributed by atoms with E-state index in [1.165, 1.54) is 0 Å². The zero-order valence-corrected chi connectivity index (χ0v) is 13.3. The topological polar surface area (TPSA) is 25.2 Å². The molecule has 1 heterocycles. The predicted molar refractivity (Wildman–Crippen MR) is 88.3 cm³/mol. The second-order valence-corrected chi connectivity index (χ2v) is 5.85. The number of hydrogen-bond donors (Lipinski definition) is 1. The molecule has 1 aromatic heterocycles. The van der Waals surface area contributed by atoms with Gasteiger partial charge in [0.1, 0.15) is 11.3 Å². The van der Waals surface area contributed by atoms with Crippen molar-refractivity contribution in [3.05, 3.63) is 69.4 Å². The Morgan fingerprint density at radius 1 is 1.10 bits per heavy atom. The highest BCUT2D eigenvalue weighted by Crippen LogP contribution is 2.33. The molecular weight excluding hydrogens is 305 g/mol. The Morgan fingerprint density at radius 3 is 2.67 bits per heavy atom. The standard InChI is InChI=1S/C17H15Cl2NO/c1-10-4-3-5-13(16(10)19)17(20-2)15-9-11-8-12(18)6-7-14(11)21-15/h3-9,17,20H,1-2H3. The maximum Gasteiger partial charge on any atom is 0.134 e. The second kappa shape index (κ2) is 5.72. The number of fused-ring (bicyclic) bond motifs is 1. The molecule has 0 amide bonds. The average molecular weight is 320 g/mol. The summed E-state index contributed by atoms with van der Waals surface area (Å²) in [6, 6.07) is 13.5. The van der Waals surface area contributed by atoms with E-state index in [1.807, 2.05) is 56.4 Å². The largest absolute Gasteiger partial charge is 0.459 e. The van der Waals surface area contributed by atoms with E-state index < -0.39 is 0 Å². The number of nitrogens with one attached hydrogen (secondary N) is 1. The van der Waals surface area contributed by atoms with Crippen LogP contribution in [-0.2, 0) is 0 Å². The molecule has 3 aromatic rings. The minimum absolute atomic E-state index is 0.0939. The zero-order chi connectivity index (χ0) is 15.0. The third-order valence-electron chi connectivity index (χ3n) is 3.60. The molecule has 3 rings (SSSR count). The van der Waals surface area contributed by atoms with Crippen molar-refractivity contribution >= 4 is 34.2 Å². The van der Waals surface area contributed by atoms with Crippen LogP contribution in [0.25, 0.3) is 11.0 Å². The summed E-state index contributed by atoms with van der Waals surface area (Å²) in [6.07, 6.45) is 0. The van der Waals surface area contributed by atoms with Gasteiger partial charge < -0.3 is 9.73 Å². The fourth-order valence-electron chi connectivity index (χ4n) is 2.52. The second-order valence-electron chi connectivity index (χ2n) is 5.03. The monoisotopic (exact) mass is 319 g/mol. The molecule has 0 radical (unpaired) electrons. The highest BCUT2D eigenvalue weighted by atomic mass is 35.5. The molecule has 0 saturated carbocycles. The first kappa shape index (κ1) is 14.5. The van der Waals surface area contributed by atoms with Gasteiger partial charge in [-0.2, -0.15) is 0 Å². The Kier molecular flexibility index (Phi) is 3.94. The van der Waals surface area contributed by atoms with Gasteiger partial charge in [-0.25, -0.2) is 0 Å². The summed E-state index contributed by atoms with van der Waals surface area (Å²) in [5, 5.41) is 5.71. The van der Waals surface area contributed by atoms with Crippen LogP contribution >= 0.6 is 23.2 Å². The third kappa shape index (κ3) is 2.67. The van der Waals surface area contributed by atoms with E-state index in [0.29, 0.717) is 5.02 Å². The SMILES string of the molecule is CNC(c1cc2cc(Cl)ccc2o1)c1cccc(C)c1Cl. The molecule has 0 bridgehead atoms. The van der Waals surface area contributed by atoms with Gasteiger partial charge in [-0.3, -0.25) is 0 Å². The first-order chi connectivity index (χ1) is 10.1. The molecule has 1 atom stereocenters. The molecule has 0 spiro atoms. The van der Waals surface area contributed by atoms with Crippen molar-refractivity contribution in [1.29, 1.82) is 0 Å². The van der Waals surface area contributed by atoms with E-state index in [1.54, 1.807) is 0 Å². The first-order valence-corrected chi connectivity index (χ1v) is 7.47. The molecular formula is C17H15Cl2NO. The van der Waals surface area contributed by atoms with Crippen LogP contribution in [0.4, 0.5) is 0 Å². The summed E-state index contributed by atoms with van der Waals surface area (Å²) >= 11 is 12.5. The Bertz CT molecular complexity index is 795. The smallest absolute Gasteiger partial charge is 0.134 e. The van der Waals surface area contributed by atoms with Gasteiger partial charge in [-0.15, -0.1) is 0 Å². The molecule has 1 unspecified atom stereocenters. The Labute approximate surface area is 133 Å². The van der Waals surface area contributed by atoms with Crippen molar-refractivity contribution < 1.29 is 4.42 Å². The van der Waals surface area contributed by atoms with E-state index in [-0.39, 0.29) is 6.04 Å². The molecule has 2 nitrogen and oxygen atoms in total. The van der Waals surface area contributed by atoms with Gasteiger partial charge in [0.2, 0.25) is 0 Å². The summed E-state index contributed by atoms with van der Waals surface area (Å²) in [4.78, 5) is 0. The van der Waals surface area contributed by atoms with E-state index in [4.69, 9.17) is 27.6 Å². The first-order valence-electron chi connectivity index (χ1n) is 6.71. The Hall–Kier alpha value is -1.48. The number of rotatable bonds is 3. The number of hydrogen-bond acceptors (Lipinski definition) is 2. The maximum atomic E-state index is 6.44. The van der Waals surface area contributed by atoms with Crippen LogP contribution in [-0.4, -0.2) is 7.05 Å². The van der Waals surface area contributed by atoms with Crippen LogP contribution in [0.3, 0.4) is 0 Å². The molecule has 108 valence electrons. The summed E-state index contributed by atoms with van der Waals surface area (Å²) in [7, 11) is 1.89. The average Bonchev–Trinajstić information content (AvgIpc) is 2.87. The van der Waals surface area contributed by atoms with Gasteiger partial charge in [0.25, 0.3) is 0 Å². The maximum absolute atomic E-state index is 6.44. The van der Waals surface area contributed by atoms with Crippen LogP contribution in [0.15, 0.2) is 46.9 Å². The number of furan rings is 1. The van der Waals surface area contributed by atoms with E-state index in [9.17, 15) is 0 Å². The molecule has 4 heteroatoms. The molecule has 21 heavy (non-hydrogen) atoms. The lowest BCUT2D eigenvalue weighted by Gasteiger charge is -2.16. The predicted octanol–water partition coefficient (Wildman–Crippen LogP) is 5.36. The van der Waals surface area contributed by atoms with Gasteiger partial charge in [0, 0.05) is 15.4 Å².